The fourth-order valence-electron chi connectivity index (χ4n) is 0. The molecule has 0 aliphatic carbocycles. The van der Waals surface area contributed by atoms with Crippen LogP contribution >= 0.6 is 0 Å². The molecule has 0 aromatic rings. The van der Waals surface area contributed by atoms with Gasteiger partial charge in [-0.2, -0.15) is 0 Å². The Hall–Kier alpha value is -0.135. The van der Waals surface area contributed by atoms with Crippen LogP contribution in [-0.4, -0.2) is 12.3 Å². The van der Waals surface area contributed by atoms with Crippen molar-refractivity contribution >= 4 is 12.3 Å². The maximum atomic E-state index is 8.33. The Kier molecular flexibility index (Phi) is 35.9. The molecule has 0 aliphatic heterocycles. The first-order chi connectivity index (χ1) is 3.46. The van der Waals surface area contributed by atoms with Gasteiger partial charge in [-0.15, -0.1) is 0 Å². The molecule has 0 spiro atoms. The van der Waals surface area contributed by atoms with Gasteiger partial charge in [0.05, 0.1) is 0 Å². The standard InChI is InChI=1S/2CH2O3.2Pd/c2*2-1(3)4;;/h2*(H2,2,3,4);;/q;;2*+2/p-4. The fraction of sp³-hybridized carbons (Fsp3) is 0. The SMILES string of the molecule is O=C([O-])[O-].O=C([O-])[O-].[Pd+2].[Pd+2]. The van der Waals surface area contributed by atoms with E-state index in [-0.39, 0.29) is 40.8 Å². The number of hydrogen-bond acceptors (Lipinski definition) is 6. The number of hydrogen-bond donors (Lipinski definition) is 0. The molecule has 0 aromatic heterocycles. The second-order valence-corrected chi connectivity index (χ2v) is 0.500. The van der Waals surface area contributed by atoms with Crippen molar-refractivity contribution in [3.05, 3.63) is 0 Å². The monoisotopic (exact) mass is 332 g/mol. The zero-order chi connectivity index (χ0) is 7.15. The van der Waals surface area contributed by atoms with Crippen molar-refractivity contribution in [1.82, 2.24) is 0 Å². The molecule has 0 rings (SSSR count). The molecule has 0 radical (unpaired) electrons. The predicted molar refractivity (Wildman–Crippen MR) is 10.8 cm³/mol. The molecule has 10 heavy (non-hydrogen) atoms. The summed E-state index contributed by atoms with van der Waals surface area (Å²) in [6.45, 7) is 0. The molecule has 0 saturated carbocycles. The third-order valence-electron chi connectivity index (χ3n) is 0. The Morgan fingerprint density at radius 1 is 0.700 bits per heavy atom. The molecule has 0 N–H and O–H groups in total. The number of carbonyl (C=O) groups is 2. The minimum Gasteiger partial charge on any atom is -0.652 e. The summed E-state index contributed by atoms with van der Waals surface area (Å²) < 4.78 is 0. The molecule has 0 saturated heterocycles. The van der Waals surface area contributed by atoms with Crippen molar-refractivity contribution in [3.63, 3.8) is 0 Å². The molecule has 0 fully saturated rings. The third-order valence-corrected chi connectivity index (χ3v) is 0. The molecular weight excluding hydrogens is 333 g/mol. The Morgan fingerprint density at radius 3 is 0.700 bits per heavy atom. The first-order valence-corrected chi connectivity index (χ1v) is 1.22. The topological polar surface area (TPSA) is 126 Å². The first kappa shape index (κ1) is 22.5. The van der Waals surface area contributed by atoms with Gasteiger partial charge >= 0.3 is 40.8 Å². The van der Waals surface area contributed by atoms with E-state index < -0.39 is 12.3 Å². The van der Waals surface area contributed by atoms with E-state index in [1.165, 1.54) is 0 Å². The van der Waals surface area contributed by atoms with E-state index in [9.17, 15) is 0 Å². The van der Waals surface area contributed by atoms with Gasteiger partial charge in [-0.25, -0.2) is 0 Å². The van der Waals surface area contributed by atoms with Crippen molar-refractivity contribution in [3.8, 4) is 0 Å². The van der Waals surface area contributed by atoms with Crippen LogP contribution in [0.1, 0.15) is 0 Å². The van der Waals surface area contributed by atoms with Crippen LogP contribution in [0.3, 0.4) is 0 Å². The van der Waals surface area contributed by atoms with Gasteiger partial charge in [-0.3, -0.25) is 0 Å². The molecular formula is C2O6Pd2. The second-order valence-electron chi connectivity index (χ2n) is 0.500. The molecule has 0 bridgehead atoms. The van der Waals surface area contributed by atoms with E-state index in [1.54, 1.807) is 0 Å². The Labute approximate surface area is 83.2 Å². The molecule has 0 amide bonds. The van der Waals surface area contributed by atoms with Gasteiger partial charge in [0.25, 0.3) is 0 Å². The smallest absolute Gasteiger partial charge is 0.652 e. The van der Waals surface area contributed by atoms with E-state index in [2.05, 4.69) is 0 Å². The van der Waals surface area contributed by atoms with Crippen LogP contribution in [0.15, 0.2) is 0 Å². The summed E-state index contributed by atoms with van der Waals surface area (Å²) in [5, 5.41) is 33.3. The molecule has 0 aromatic carbocycles. The summed E-state index contributed by atoms with van der Waals surface area (Å²) in [5.41, 5.74) is 0. The van der Waals surface area contributed by atoms with Crippen molar-refractivity contribution in [1.29, 1.82) is 0 Å². The summed E-state index contributed by atoms with van der Waals surface area (Å²) in [6.07, 6.45) is -4.67. The molecule has 64 valence electrons. The average Bonchev–Trinajstić information content (AvgIpc) is 1.25. The van der Waals surface area contributed by atoms with E-state index >= 15 is 0 Å². The Bertz CT molecular complexity index is 71.7. The van der Waals surface area contributed by atoms with Crippen LogP contribution in [0.5, 0.6) is 0 Å². The van der Waals surface area contributed by atoms with E-state index in [4.69, 9.17) is 30.0 Å². The maximum absolute atomic E-state index is 8.33. The molecule has 8 heteroatoms. The fourth-order valence-corrected chi connectivity index (χ4v) is 0. The largest absolute Gasteiger partial charge is 2.00 e. The van der Waals surface area contributed by atoms with E-state index in [0.717, 1.165) is 0 Å². The van der Waals surface area contributed by atoms with Crippen LogP contribution in [0, 0.1) is 0 Å². The summed E-state index contributed by atoms with van der Waals surface area (Å²) >= 11 is 0. The summed E-state index contributed by atoms with van der Waals surface area (Å²) in [6, 6.07) is 0. The predicted octanol–water partition coefficient (Wildman–Crippen LogP) is -4.90. The molecule has 0 unspecified atom stereocenters. The number of rotatable bonds is 0. The van der Waals surface area contributed by atoms with Crippen LogP contribution in [0.2, 0.25) is 0 Å². The van der Waals surface area contributed by atoms with Crippen molar-refractivity contribution in [2.24, 2.45) is 0 Å². The minimum absolute atomic E-state index is 0. The quantitative estimate of drug-likeness (QED) is 0.409. The van der Waals surface area contributed by atoms with Crippen molar-refractivity contribution < 1.29 is 70.9 Å². The van der Waals surface area contributed by atoms with Crippen LogP contribution in [0.4, 0.5) is 9.59 Å². The van der Waals surface area contributed by atoms with Gasteiger partial charge in [-0.05, 0) is 12.3 Å². The van der Waals surface area contributed by atoms with Crippen molar-refractivity contribution in [2.75, 3.05) is 0 Å². The van der Waals surface area contributed by atoms with Crippen LogP contribution in [0.25, 0.3) is 0 Å². The average molecular weight is 333 g/mol. The summed E-state index contributed by atoms with van der Waals surface area (Å²) in [5.74, 6) is 0. The zero-order valence-corrected chi connectivity index (χ0v) is 7.19. The molecule has 0 atom stereocenters. The Balaban J connectivity index is -0.0000000300. The second kappa shape index (κ2) is 15.9. The number of carboxylic acid groups (broad SMARTS) is 4. The zero-order valence-electron chi connectivity index (χ0n) is 4.08. The molecule has 0 aliphatic rings. The van der Waals surface area contributed by atoms with E-state index in [1.807, 2.05) is 0 Å². The molecule has 0 heterocycles. The maximum Gasteiger partial charge on any atom is 2.00 e. The minimum atomic E-state index is -2.33. The first-order valence-electron chi connectivity index (χ1n) is 1.22. The van der Waals surface area contributed by atoms with Crippen LogP contribution in [-0.2, 0) is 40.8 Å². The van der Waals surface area contributed by atoms with Gasteiger partial charge in [0.2, 0.25) is 0 Å². The molecule has 6 nitrogen and oxygen atoms in total. The van der Waals surface area contributed by atoms with Gasteiger partial charge in [0.1, 0.15) is 0 Å². The summed E-state index contributed by atoms with van der Waals surface area (Å²) in [4.78, 5) is 16.7. The van der Waals surface area contributed by atoms with Gasteiger partial charge in [0.15, 0.2) is 0 Å². The number of carbonyl (C=O) groups excluding carboxylic acids is 2. The van der Waals surface area contributed by atoms with Crippen LogP contribution < -0.4 is 20.4 Å². The third kappa shape index (κ3) is 20200. The van der Waals surface area contributed by atoms with E-state index in [0.29, 0.717) is 0 Å². The Morgan fingerprint density at radius 2 is 0.700 bits per heavy atom. The summed E-state index contributed by atoms with van der Waals surface area (Å²) in [7, 11) is 0. The van der Waals surface area contributed by atoms with Gasteiger partial charge in [0, 0.05) is 0 Å². The normalized spacial score (nSPS) is 4.80. The van der Waals surface area contributed by atoms with Gasteiger partial charge < -0.3 is 30.0 Å². The van der Waals surface area contributed by atoms with Crippen molar-refractivity contribution in [2.45, 2.75) is 0 Å². The van der Waals surface area contributed by atoms with Gasteiger partial charge in [-0.1, -0.05) is 0 Å².